The summed E-state index contributed by atoms with van der Waals surface area (Å²) in [5.41, 5.74) is 1.69. The number of thioether (sulfide) groups is 2. The number of phosphoric acid groups is 2. The van der Waals surface area contributed by atoms with Crippen LogP contribution in [-0.2, 0) is 22.7 Å². The molecular weight excluding hydrogens is 749 g/mol. The average Bonchev–Trinajstić information content (AvgIpc) is 3.64. The van der Waals surface area contributed by atoms with Gasteiger partial charge in [0.2, 0.25) is 0 Å². The number of ether oxygens (including phenoxy) is 1. The van der Waals surface area contributed by atoms with Crippen LogP contribution in [0.1, 0.15) is 59.1 Å². The number of fused-ring (bicyclic) bond motifs is 1. The molecule has 0 saturated carbocycles. The zero-order valence-electron chi connectivity index (χ0n) is 27.9. The van der Waals surface area contributed by atoms with Crippen molar-refractivity contribution in [3.05, 3.63) is 30.1 Å². The van der Waals surface area contributed by atoms with Gasteiger partial charge >= 0.3 is 21.8 Å². The fourth-order valence-corrected chi connectivity index (χ4v) is 6.68. The lowest BCUT2D eigenvalue weighted by molar-refractivity contribution is -0.129. The van der Waals surface area contributed by atoms with Gasteiger partial charge in [-0.3, -0.25) is 9.09 Å². The second-order valence-electron chi connectivity index (χ2n) is 10.1. The molecule has 22 heteroatoms. The number of phosphoric ester groups is 1. The highest BCUT2D eigenvalue weighted by Gasteiger charge is 2.36. The van der Waals surface area contributed by atoms with Gasteiger partial charge < -0.3 is 34.9 Å². The predicted molar refractivity (Wildman–Crippen MR) is 186 cm³/mol. The second-order valence-corrected chi connectivity index (χ2v) is 15.0. The van der Waals surface area contributed by atoms with Gasteiger partial charge in [-0.2, -0.15) is 29.2 Å². The molecule has 1 aliphatic rings. The molecule has 3 rings (SSSR count). The number of alkyl halides is 3. The molecule has 284 valence electrons. The summed E-state index contributed by atoms with van der Waals surface area (Å²) in [6.07, 6.45) is 7.93. The smallest absolute Gasteiger partial charge is 0.368 e. The van der Waals surface area contributed by atoms with Crippen molar-refractivity contribution in [1.29, 1.82) is 0 Å². The average molecular weight is 794 g/mol. The molecule has 3 atom stereocenters. The van der Waals surface area contributed by atoms with E-state index in [0.717, 1.165) is 29.5 Å². The zero-order chi connectivity index (χ0) is 38.0. The first-order valence-electron chi connectivity index (χ1n) is 15.0. The van der Waals surface area contributed by atoms with Gasteiger partial charge in [-0.25, -0.2) is 24.1 Å². The number of terminal acetylenes is 1. The minimum atomic E-state index is -5.24. The van der Waals surface area contributed by atoms with Crippen molar-refractivity contribution in [3.8, 4) is 12.3 Å². The zero-order valence-corrected chi connectivity index (χ0v) is 31.3. The highest BCUT2D eigenvalue weighted by atomic mass is 32.2. The SMILES string of the molecule is C#CC.C/C=C(\C=C/CC)CC(O)O.CSCCNc1nc(SCCC(F)(F)F)nc2c1ncn2C1CCC(COP(=O)(O)OP(=O)(O)O)O1. The number of imidazole rings is 1. The molecule has 0 amide bonds. The Morgan fingerprint density at radius 3 is 2.50 bits per heavy atom. The molecule has 2 aromatic heterocycles. The van der Waals surface area contributed by atoms with E-state index in [4.69, 9.17) is 24.7 Å². The molecule has 3 heterocycles. The van der Waals surface area contributed by atoms with Gasteiger partial charge in [0.15, 0.2) is 28.4 Å². The Kier molecular flexibility index (Phi) is 21.0. The van der Waals surface area contributed by atoms with Crippen LogP contribution in [0.2, 0.25) is 0 Å². The van der Waals surface area contributed by atoms with Crippen molar-refractivity contribution in [2.45, 2.75) is 82.8 Å². The Bertz CT molecular complexity index is 1520. The Hall–Kier alpha value is -1.98. The number of nitrogens with zero attached hydrogens (tertiary/aromatic N) is 4. The molecular formula is C28H44F3N5O10P2S2. The van der Waals surface area contributed by atoms with Gasteiger partial charge in [-0.1, -0.05) is 36.9 Å². The number of hydrogen-bond donors (Lipinski definition) is 6. The van der Waals surface area contributed by atoms with Crippen LogP contribution in [-0.4, -0.2) is 93.9 Å². The van der Waals surface area contributed by atoms with E-state index >= 15 is 0 Å². The van der Waals surface area contributed by atoms with Crippen LogP contribution >= 0.6 is 39.2 Å². The largest absolute Gasteiger partial charge is 0.481 e. The van der Waals surface area contributed by atoms with Crippen LogP contribution in [0.4, 0.5) is 19.0 Å². The number of halogens is 3. The second kappa shape index (κ2) is 22.8. The lowest BCUT2D eigenvalue weighted by Gasteiger charge is -2.17. The number of hydrogen-bond acceptors (Lipinski definition) is 13. The number of allylic oxidation sites excluding steroid dienone is 3. The monoisotopic (exact) mass is 793 g/mol. The number of anilines is 1. The topological polar surface area (TPSA) is 219 Å². The highest BCUT2D eigenvalue weighted by molar-refractivity contribution is 7.99. The van der Waals surface area contributed by atoms with E-state index in [9.17, 15) is 27.2 Å². The van der Waals surface area contributed by atoms with E-state index in [1.807, 2.05) is 38.3 Å². The van der Waals surface area contributed by atoms with E-state index in [1.165, 1.54) is 6.33 Å². The van der Waals surface area contributed by atoms with Crippen LogP contribution in [0.15, 0.2) is 35.3 Å². The molecule has 1 aliphatic heterocycles. The van der Waals surface area contributed by atoms with Crippen molar-refractivity contribution in [3.63, 3.8) is 0 Å². The Labute approximate surface area is 297 Å². The highest BCUT2D eigenvalue weighted by Crippen LogP contribution is 2.57. The summed E-state index contributed by atoms with van der Waals surface area (Å²) in [5.74, 6) is 3.12. The quantitative estimate of drug-likeness (QED) is 0.0212. The van der Waals surface area contributed by atoms with Gasteiger partial charge in [-0.05, 0) is 44.9 Å². The summed E-state index contributed by atoms with van der Waals surface area (Å²) < 4.78 is 75.9. The summed E-state index contributed by atoms with van der Waals surface area (Å²) in [6, 6.07) is 0. The summed E-state index contributed by atoms with van der Waals surface area (Å²) in [6.45, 7) is 5.65. The minimum absolute atomic E-state index is 0.133. The maximum atomic E-state index is 12.6. The Morgan fingerprint density at radius 1 is 1.26 bits per heavy atom. The summed E-state index contributed by atoms with van der Waals surface area (Å²) in [5, 5.41) is 20.5. The summed E-state index contributed by atoms with van der Waals surface area (Å²) >= 11 is 2.46. The van der Waals surface area contributed by atoms with Crippen molar-refractivity contribution in [2.24, 2.45) is 0 Å². The summed E-state index contributed by atoms with van der Waals surface area (Å²) in [7, 11) is -10.3. The van der Waals surface area contributed by atoms with Crippen LogP contribution < -0.4 is 5.32 Å². The van der Waals surface area contributed by atoms with Crippen molar-refractivity contribution < 1.29 is 60.8 Å². The van der Waals surface area contributed by atoms with E-state index in [-0.39, 0.29) is 10.9 Å². The molecule has 2 aromatic rings. The molecule has 0 aromatic carbocycles. The third kappa shape index (κ3) is 19.0. The van der Waals surface area contributed by atoms with E-state index in [1.54, 1.807) is 23.3 Å². The molecule has 0 bridgehead atoms. The standard InChI is InChI=1S/C16H24F3N5O8P2S2.C9H16O2.C3H4/c1-35-7-5-20-13-12-14(23-15(22-13)36-6-4-16(17,18)19)24(9-21-12)11-3-2-10(31-11)8-30-34(28,29)32-33(25,26)27;1-3-5-6-8(4-2)7-9(10)11;1-3-2/h9-11H,2-8H2,1H3,(H,28,29)(H,20,22,23)(H2,25,26,27);4-6,9-11H,3,7H2,1-2H3;1H,2H3/b;6-5-,8-4+;. The maximum absolute atomic E-state index is 12.6. The van der Waals surface area contributed by atoms with Crippen LogP contribution in [0, 0.1) is 12.3 Å². The minimum Gasteiger partial charge on any atom is -0.368 e. The third-order valence-electron chi connectivity index (χ3n) is 6.00. The molecule has 1 fully saturated rings. The van der Waals surface area contributed by atoms with E-state index < -0.39 is 53.5 Å². The third-order valence-corrected chi connectivity index (χ3v) is 9.61. The first-order valence-corrected chi connectivity index (χ1v) is 20.4. The molecule has 50 heavy (non-hydrogen) atoms. The normalized spacial score (nSPS) is 18.0. The Balaban J connectivity index is 0.000000753. The van der Waals surface area contributed by atoms with Crippen molar-refractivity contribution in [2.75, 3.05) is 36.2 Å². The van der Waals surface area contributed by atoms with E-state index in [0.29, 0.717) is 42.8 Å². The van der Waals surface area contributed by atoms with Gasteiger partial charge in [0.25, 0.3) is 0 Å². The van der Waals surface area contributed by atoms with Gasteiger partial charge in [0.1, 0.15) is 6.23 Å². The van der Waals surface area contributed by atoms with Crippen LogP contribution in [0.3, 0.4) is 0 Å². The molecule has 6 N–H and O–H groups in total. The van der Waals surface area contributed by atoms with E-state index in [2.05, 4.69) is 41.4 Å². The lowest BCUT2D eigenvalue weighted by atomic mass is 10.1. The van der Waals surface area contributed by atoms with Gasteiger partial charge in [0.05, 0.1) is 25.5 Å². The fourth-order valence-electron chi connectivity index (χ4n) is 3.94. The molecule has 3 unspecified atom stereocenters. The lowest BCUT2D eigenvalue weighted by Crippen LogP contribution is -2.16. The molecule has 0 radical (unpaired) electrons. The summed E-state index contributed by atoms with van der Waals surface area (Å²) in [4.78, 5) is 39.8. The fraction of sp³-hybridized carbons (Fsp3) is 0.607. The number of aliphatic hydroxyl groups is 2. The van der Waals surface area contributed by atoms with Gasteiger partial charge in [-0.15, -0.1) is 12.3 Å². The van der Waals surface area contributed by atoms with Crippen LogP contribution in [0.25, 0.3) is 11.2 Å². The number of nitrogens with one attached hydrogen (secondary N) is 1. The van der Waals surface area contributed by atoms with Crippen molar-refractivity contribution in [1.82, 2.24) is 19.5 Å². The Morgan fingerprint density at radius 2 is 1.94 bits per heavy atom. The van der Waals surface area contributed by atoms with Crippen LogP contribution in [0.5, 0.6) is 0 Å². The van der Waals surface area contributed by atoms with Crippen molar-refractivity contribution >= 4 is 56.2 Å². The molecule has 15 nitrogen and oxygen atoms in total. The van der Waals surface area contributed by atoms with Gasteiger partial charge in [0, 0.05) is 24.5 Å². The number of aromatic nitrogens is 4. The number of rotatable bonds is 17. The predicted octanol–water partition coefficient (Wildman–Crippen LogP) is 5.79. The maximum Gasteiger partial charge on any atom is 0.481 e. The molecule has 0 spiro atoms. The molecule has 1 saturated heterocycles. The number of aliphatic hydroxyl groups excluding tert-OH is 1. The first kappa shape index (κ1) is 46.0. The molecule has 0 aliphatic carbocycles. The first-order chi connectivity index (χ1) is 23.4.